The molecule has 1 amide bonds. The van der Waals surface area contributed by atoms with E-state index in [4.69, 9.17) is 9.47 Å². The van der Waals surface area contributed by atoms with Crippen molar-refractivity contribution in [2.45, 2.75) is 58.6 Å². The Balaban J connectivity index is 2.55. The Morgan fingerprint density at radius 1 is 1.19 bits per heavy atom. The fourth-order valence-electron chi connectivity index (χ4n) is 2.60. The summed E-state index contributed by atoms with van der Waals surface area (Å²) in [5.74, 6) is -0.459. The summed E-state index contributed by atoms with van der Waals surface area (Å²) in [5, 5.41) is 3.48. The molecule has 0 radical (unpaired) electrons. The van der Waals surface area contributed by atoms with Gasteiger partial charge in [0.2, 0.25) is 0 Å². The molecule has 1 aromatic rings. The second kappa shape index (κ2) is 11.6. The van der Waals surface area contributed by atoms with Gasteiger partial charge in [0, 0.05) is 12.6 Å². The van der Waals surface area contributed by atoms with Crippen molar-refractivity contribution in [1.29, 1.82) is 0 Å². The minimum Gasteiger partial charge on any atom is -0.468 e. The third-order valence-corrected chi connectivity index (χ3v) is 4.05. The number of nitrogens with one attached hydrogen (secondary N) is 1. The predicted molar refractivity (Wildman–Crippen MR) is 107 cm³/mol. The Labute approximate surface area is 163 Å². The highest BCUT2D eigenvalue weighted by Gasteiger charge is 2.26. The van der Waals surface area contributed by atoms with Crippen LogP contribution in [-0.2, 0) is 20.7 Å². The van der Waals surface area contributed by atoms with Gasteiger partial charge in [-0.2, -0.15) is 0 Å². The Hall–Kier alpha value is -2.08. The summed E-state index contributed by atoms with van der Waals surface area (Å²) in [6.07, 6.45) is 2.34. The molecular formula is C21H34N2O4. The number of aryl methyl sites for hydroxylation is 1. The van der Waals surface area contributed by atoms with Crippen LogP contribution in [0.5, 0.6) is 0 Å². The molecule has 6 nitrogen and oxygen atoms in total. The Morgan fingerprint density at radius 2 is 1.85 bits per heavy atom. The summed E-state index contributed by atoms with van der Waals surface area (Å²) in [6, 6.07) is 10.4. The number of hydrogen-bond acceptors (Lipinski definition) is 5. The number of esters is 1. The standard InChI is InChI=1S/C21H34N2O4/c1-6-18(22-14-10-13-17-11-8-7-9-12-17)15-23(16-19(24)26-5)20(25)27-21(2,3)4/h7-9,11-12,18,22H,6,10,13-16H2,1-5H3. The molecule has 27 heavy (non-hydrogen) atoms. The average Bonchev–Trinajstić information content (AvgIpc) is 2.62. The highest BCUT2D eigenvalue weighted by Crippen LogP contribution is 2.11. The van der Waals surface area contributed by atoms with Crippen LogP contribution in [0.15, 0.2) is 30.3 Å². The first kappa shape index (κ1) is 23.0. The van der Waals surface area contributed by atoms with Crippen LogP contribution in [0.2, 0.25) is 0 Å². The molecule has 6 heteroatoms. The van der Waals surface area contributed by atoms with E-state index in [0.29, 0.717) is 6.54 Å². The third-order valence-electron chi connectivity index (χ3n) is 4.05. The van der Waals surface area contributed by atoms with E-state index in [1.165, 1.54) is 17.6 Å². The summed E-state index contributed by atoms with van der Waals surface area (Å²) in [4.78, 5) is 25.5. The molecular weight excluding hydrogens is 344 g/mol. The fourth-order valence-corrected chi connectivity index (χ4v) is 2.60. The van der Waals surface area contributed by atoms with Gasteiger partial charge < -0.3 is 14.8 Å². The Kier molecular flexibility index (Phi) is 9.86. The molecule has 0 aliphatic rings. The molecule has 0 aliphatic carbocycles. The second-order valence-corrected chi connectivity index (χ2v) is 7.59. The maximum Gasteiger partial charge on any atom is 0.410 e. The quantitative estimate of drug-likeness (QED) is 0.499. The summed E-state index contributed by atoms with van der Waals surface area (Å²) in [7, 11) is 1.31. The first-order chi connectivity index (χ1) is 12.7. The van der Waals surface area contributed by atoms with E-state index in [1.807, 2.05) is 18.2 Å². The predicted octanol–water partition coefficient (Wildman–Crippen LogP) is 3.40. The van der Waals surface area contributed by atoms with Gasteiger partial charge in [-0.3, -0.25) is 9.69 Å². The molecule has 0 fully saturated rings. The molecule has 0 aliphatic heterocycles. The third kappa shape index (κ3) is 9.99. The van der Waals surface area contributed by atoms with Gasteiger partial charge in [-0.1, -0.05) is 37.3 Å². The molecule has 1 aromatic carbocycles. The number of ether oxygens (including phenoxy) is 2. The van der Waals surface area contributed by atoms with E-state index >= 15 is 0 Å². The normalized spacial score (nSPS) is 12.3. The van der Waals surface area contributed by atoms with Crippen molar-refractivity contribution >= 4 is 12.1 Å². The van der Waals surface area contributed by atoms with Gasteiger partial charge >= 0.3 is 12.1 Å². The molecule has 0 spiro atoms. The van der Waals surface area contributed by atoms with E-state index in [9.17, 15) is 9.59 Å². The largest absolute Gasteiger partial charge is 0.468 e. The van der Waals surface area contributed by atoms with E-state index < -0.39 is 17.7 Å². The van der Waals surface area contributed by atoms with Gasteiger partial charge in [-0.25, -0.2) is 4.79 Å². The van der Waals surface area contributed by atoms with Crippen LogP contribution < -0.4 is 5.32 Å². The van der Waals surface area contributed by atoms with Crippen LogP contribution in [-0.4, -0.2) is 55.3 Å². The molecule has 0 bridgehead atoms. The molecule has 1 atom stereocenters. The minimum atomic E-state index is -0.615. The monoisotopic (exact) mass is 378 g/mol. The Morgan fingerprint density at radius 3 is 2.41 bits per heavy atom. The van der Waals surface area contributed by atoms with Crippen LogP contribution in [0.4, 0.5) is 4.79 Å². The Bertz CT molecular complexity index is 569. The maximum absolute atomic E-state index is 12.4. The second-order valence-electron chi connectivity index (χ2n) is 7.59. The fraction of sp³-hybridized carbons (Fsp3) is 0.619. The maximum atomic E-state index is 12.4. The van der Waals surface area contributed by atoms with Gasteiger partial charge in [-0.15, -0.1) is 0 Å². The molecule has 0 saturated carbocycles. The first-order valence-electron chi connectivity index (χ1n) is 9.57. The minimum absolute atomic E-state index is 0.0814. The number of hydrogen-bond donors (Lipinski definition) is 1. The average molecular weight is 379 g/mol. The zero-order valence-corrected chi connectivity index (χ0v) is 17.3. The van der Waals surface area contributed by atoms with Gasteiger partial charge in [0.1, 0.15) is 12.1 Å². The van der Waals surface area contributed by atoms with E-state index in [1.54, 1.807) is 20.8 Å². The lowest BCUT2D eigenvalue weighted by molar-refractivity contribution is -0.141. The van der Waals surface area contributed by atoms with Gasteiger partial charge in [0.05, 0.1) is 7.11 Å². The highest BCUT2D eigenvalue weighted by atomic mass is 16.6. The van der Waals surface area contributed by atoms with Crippen LogP contribution in [0, 0.1) is 0 Å². The SMILES string of the molecule is CCC(CN(CC(=O)OC)C(=O)OC(C)(C)C)NCCCc1ccccc1. The van der Waals surface area contributed by atoms with E-state index in [-0.39, 0.29) is 12.6 Å². The lowest BCUT2D eigenvalue weighted by atomic mass is 10.1. The number of carbonyl (C=O) groups excluding carboxylic acids is 2. The lowest BCUT2D eigenvalue weighted by Crippen LogP contribution is -2.47. The number of benzene rings is 1. The molecule has 0 saturated heterocycles. The zero-order chi connectivity index (χ0) is 20.3. The number of rotatable bonds is 10. The van der Waals surface area contributed by atoms with Crippen molar-refractivity contribution in [2.75, 3.05) is 26.7 Å². The van der Waals surface area contributed by atoms with Crippen molar-refractivity contribution in [3.8, 4) is 0 Å². The van der Waals surface area contributed by atoms with Crippen LogP contribution in [0.1, 0.15) is 46.1 Å². The van der Waals surface area contributed by atoms with E-state index in [2.05, 4.69) is 24.4 Å². The molecule has 152 valence electrons. The molecule has 1 unspecified atom stereocenters. The molecule has 1 N–H and O–H groups in total. The molecule has 0 heterocycles. The van der Waals surface area contributed by atoms with Crippen molar-refractivity contribution in [2.24, 2.45) is 0 Å². The van der Waals surface area contributed by atoms with Crippen molar-refractivity contribution in [3.05, 3.63) is 35.9 Å². The number of nitrogens with zero attached hydrogens (tertiary/aromatic N) is 1. The van der Waals surface area contributed by atoms with Crippen molar-refractivity contribution in [1.82, 2.24) is 10.2 Å². The molecule has 0 aromatic heterocycles. The van der Waals surface area contributed by atoms with Crippen molar-refractivity contribution < 1.29 is 19.1 Å². The molecule has 1 rings (SSSR count). The summed E-state index contributed by atoms with van der Waals surface area (Å²) in [6.45, 7) is 8.59. The van der Waals surface area contributed by atoms with Gasteiger partial charge in [0.15, 0.2) is 0 Å². The number of amides is 1. The zero-order valence-electron chi connectivity index (χ0n) is 17.3. The van der Waals surface area contributed by atoms with Gasteiger partial charge in [-0.05, 0) is 52.1 Å². The first-order valence-corrected chi connectivity index (χ1v) is 9.57. The van der Waals surface area contributed by atoms with Gasteiger partial charge in [0.25, 0.3) is 0 Å². The van der Waals surface area contributed by atoms with Crippen LogP contribution in [0.3, 0.4) is 0 Å². The summed E-state index contributed by atoms with van der Waals surface area (Å²) >= 11 is 0. The number of methoxy groups -OCH3 is 1. The lowest BCUT2D eigenvalue weighted by Gasteiger charge is -2.29. The van der Waals surface area contributed by atoms with Crippen molar-refractivity contribution in [3.63, 3.8) is 0 Å². The van der Waals surface area contributed by atoms with E-state index in [0.717, 1.165) is 25.8 Å². The topological polar surface area (TPSA) is 67.9 Å². The summed E-state index contributed by atoms with van der Waals surface area (Å²) in [5.41, 5.74) is 0.699. The smallest absolute Gasteiger partial charge is 0.410 e. The summed E-state index contributed by atoms with van der Waals surface area (Å²) < 4.78 is 10.1. The highest BCUT2D eigenvalue weighted by molar-refractivity contribution is 5.78. The van der Waals surface area contributed by atoms with Crippen LogP contribution in [0.25, 0.3) is 0 Å². The number of carbonyl (C=O) groups is 2. The van der Waals surface area contributed by atoms with Crippen LogP contribution >= 0.6 is 0 Å².